The summed E-state index contributed by atoms with van der Waals surface area (Å²) in [5, 5.41) is 0.672. The number of rotatable bonds is 6. The maximum absolute atomic E-state index is 11.9. The molecule has 0 heterocycles. The van der Waals surface area contributed by atoms with Crippen molar-refractivity contribution >= 4 is 29.9 Å². The molecule has 0 saturated carbocycles. The SMILES string of the molecule is CC(N)C(C)C(=O)N(C)CCOc1ccc(Cl)cc1.Cl. The third kappa shape index (κ3) is 5.99. The Morgan fingerprint density at radius 3 is 2.40 bits per heavy atom. The van der Waals surface area contributed by atoms with Crippen LogP contribution in [0, 0.1) is 5.92 Å². The van der Waals surface area contributed by atoms with Crippen molar-refractivity contribution in [3.8, 4) is 5.75 Å². The lowest BCUT2D eigenvalue weighted by Gasteiger charge is -2.23. The molecule has 20 heavy (non-hydrogen) atoms. The van der Waals surface area contributed by atoms with E-state index < -0.39 is 0 Å². The maximum Gasteiger partial charge on any atom is 0.226 e. The minimum atomic E-state index is -0.180. The largest absolute Gasteiger partial charge is 0.492 e. The van der Waals surface area contributed by atoms with Crippen molar-refractivity contribution in [3.05, 3.63) is 29.3 Å². The molecule has 4 nitrogen and oxygen atoms in total. The van der Waals surface area contributed by atoms with E-state index in [1.807, 2.05) is 13.8 Å². The Bertz CT molecular complexity index is 410. The highest BCUT2D eigenvalue weighted by Crippen LogP contribution is 2.15. The molecule has 0 spiro atoms. The first-order chi connectivity index (χ1) is 8.91. The number of hydrogen-bond donors (Lipinski definition) is 1. The molecule has 1 aromatic rings. The summed E-state index contributed by atoms with van der Waals surface area (Å²) < 4.78 is 5.54. The van der Waals surface area contributed by atoms with Gasteiger partial charge in [-0.15, -0.1) is 12.4 Å². The van der Waals surface area contributed by atoms with E-state index in [1.165, 1.54) is 0 Å². The van der Waals surface area contributed by atoms with Gasteiger partial charge in [-0.05, 0) is 31.2 Å². The fourth-order valence-electron chi connectivity index (χ4n) is 1.51. The van der Waals surface area contributed by atoms with Crippen LogP contribution in [0.2, 0.25) is 5.02 Å². The zero-order chi connectivity index (χ0) is 14.4. The summed E-state index contributed by atoms with van der Waals surface area (Å²) in [7, 11) is 1.76. The lowest BCUT2D eigenvalue weighted by atomic mass is 10.0. The molecule has 0 aromatic heterocycles. The zero-order valence-corrected chi connectivity index (χ0v) is 13.6. The van der Waals surface area contributed by atoms with Crippen molar-refractivity contribution in [1.29, 1.82) is 0 Å². The average molecular weight is 321 g/mol. The molecule has 0 bridgehead atoms. The van der Waals surface area contributed by atoms with Crippen molar-refractivity contribution in [2.24, 2.45) is 11.7 Å². The van der Waals surface area contributed by atoms with Gasteiger partial charge in [0.05, 0.1) is 12.5 Å². The van der Waals surface area contributed by atoms with E-state index >= 15 is 0 Å². The van der Waals surface area contributed by atoms with Gasteiger partial charge in [0.1, 0.15) is 12.4 Å². The molecule has 2 atom stereocenters. The van der Waals surface area contributed by atoms with Crippen LogP contribution >= 0.6 is 24.0 Å². The standard InChI is InChI=1S/C14H21ClN2O2.ClH/c1-10(11(2)16)14(18)17(3)8-9-19-13-6-4-12(15)5-7-13;/h4-7,10-11H,8-9,16H2,1-3H3;1H. The van der Waals surface area contributed by atoms with Crippen molar-refractivity contribution in [2.75, 3.05) is 20.2 Å². The Morgan fingerprint density at radius 2 is 1.90 bits per heavy atom. The van der Waals surface area contributed by atoms with E-state index in [4.69, 9.17) is 22.1 Å². The first-order valence-electron chi connectivity index (χ1n) is 6.30. The number of benzene rings is 1. The number of amides is 1. The fourth-order valence-corrected chi connectivity index (χ4v) is 1.64. The molecule has 0 aliphatic carbocycles. The fraction of sp³-hybridized carbons (Fsp3) is 0.500. The predicted molar refractivity (Wildman–Crippen MR) is 84.6 cm³/mol. The van der Waals surface area contributed by atoms with Crippen LogP contribution in [0.15, 0.2) is 24.3 Å². The molecule has 2 unspecified atom stereocenters. The summed E-state index contributed by atoms with van der Waals surface area (Å²) in [4.78, 5) is 13.6. The molecule has 1 rings (SSSR count). The van der Waals surface area contributed by atoms with Gasteiger partial charge in [0.2, 0.25) is 5.91 Å². The Kier molecular flexibility index (Phi) is 8.62. The van der Waals surface area contributed by atoms with Gasteiger partial charge in [0.15, 0.2) is 0 Å². The normalized spacial score (nSPS) is 13.1. The zero-order valence-electron chi connectivity index (χ0n) is 12.0. The van der Waals surface area contributed by atoms with E-state index in [1.54, 1.807) is 36.2 Å². The molecule has 6 heteroatoms. The second-order valence-electron chi connectivity index (χ2n) is 4.71. The molecule has 0 radical (unpaired) electrons. The topological polar surface area (TPSA) is 55.6 Å². The predicted octanol–water partition coefficient (Wildman–Crippen LogP) is 2.58. The van der Waals surface area contributed by atoms with Gasteiger partial charge >= 0.3 is 0 Å². The summed E-state index contributed by atoms with van der Waals surface area (Å²) in [6.07, 6.45) is 0. The molecule has 0 fully saturated rings. The van der Waals surface area contributed by atoms with Crippen LogP contribution in [-0.4, -0.2) is 37.0 Å². The van der Waals surface area contributed by atoms with Crippen LogP contribution in [0.1, 0.15) is 13.8 Å². The number of nitrogens with two attached hydrogens (primary N) is 1. The first kappa shape index (κ1) is 19.0. The molecule has 1 aromatic carbocycles. The highest BCUT2D eigenvalue weighted by atomic mass is 35.5. The molecule has 1 amide bonds. The summed E-state index contributed by atoms with van der Waals surface area (Å²) >= 11 is 5.78. The highest BCUT2D eigenvalue weighted by molar-refractivity contribution is 6.30. The Balaban J connectivity index is 0.00000361. The van der Waals surface area contributed by atoms with E-state index in [-0.39, 0.29) is 30.3 Å². The average Bonchev–Trinajstić information content (AvgIpc) is 2.39. The molecule has 0 aliphatic heterocycles. The molecular formula is C14H22Cl2N2O2. The summed E-state index contributed by atoms with van der Waals surface area (Å²) in [6.45, 7) is 4.64. The van der Waals surface area contributed by atoms with Gasteiger partial charge in [-0.1, -0.05) is 18.5 Å². The summed E-state index contributed by atoms with van der Waals surface area (Å²) in [5.41, 5.74) is 5.72. The summed E-state index contributed by atoms with van der Waals surface area (Å²) in [6, 6.07) is 6.99. The van der Waals surface area contributed by atoms with Crippen molar-refractivity contribution in [2.45, 2.75) is 19.9 Å². The Labute approximate surface area is 131 Å². The van der Waals surface area contributed by atoms with Crippen LogP contribution in [0.5, 0.6) is 5.75 Å². The number of carbonyl (C=O) groups excluding carboxylic acids is 1. The minimum absolute atomic E-state index is 0. The number of nitrogens with zero attached hydrogens (tertiary/aromatic N) is 1. The van der Waals surface area contributed by atoms with Gasteiger partial charge in [0, 0.05) is 18.1 Å². The summed E-state index contributed by atoms with van der Waals surface area (Å²) in [5.74, 6) is 0.598. The maximum atomic E-state index is 11.9. The smallest absolute Gasteiger partial charge is 0.226 e. The number of likely N-dealkylation sites (N-methyl/N-ethyl adjacent to an activating group) is 1. The van der Waals surface area contributed by atoms with Crippen molar-refractivity contribution in [1.82, 2.24) is 4.90 Å². The highest BCUT2D eigenvalue weighted by Gasteiger charge is 2.20. The van der Waals surface area contributed by atoms with E-state index in [0.29, 0.717) is 18.2 Å². The number of hydrogen-bond acceptors (Lipinski definition) is 3. The van der Waals surface area contributed by atoms with Crippen LogP contribution in [-0.2, 0) is 4.79 Å². The molecule has 114 valence electrons. The molecule has 0 saturated heterocycles. The molecular weight excluding hydrogens is 299 g/mol. The van der Waals surface area contributed by atoms with Crippen molar-refractivity contribution < 1.29 is 9.53 Å². The van der Waals surface area contributed by atoms with Crippen molar-refractivity contribution in [3.63, 3.8) is 0 Å². The number of halogens is 2. The Hall–Kier alpha value is -0.970. The lowest BCUT2D eigenvalue weighted by molar-refractivity contribution is -0.134. The van der Waals surface area contributed by atoms with Gasteiger partial charge in [0.25, 0.3) is 0 Å². The molecule has 2 N–H and O–H groups in total. The number of ether oxygens (including phenoxy) is 1. The number of carbonyl (C=O) groups is 1. The Morgan fingerprint density at radius 1 is 1.35 bits per heavy atom. The van der Waals surface area contributed by atoms with E-state index in [2.05, 4.69) is 0 Å². The van der Waals surface area contributed by atoms with E-state index in [0.717, 1.165) is 5.75 Å². The van der Waals surface area contributed by atoms with Gasteiger partial charge in [-0.2, -0.15) is 0 Å². The second kappa shape index (κ2) is 9.06. The second-order valence-corrected chi connectivity index (χ2v) is 5.15. The van der Waals surface area contributed by atoms with Gasteiger partial charge < -0.3 is 15.4 Å². The van der Waals surface area contributed by atoms with E-state index in [9.17, 15) is 4.79 Å². The van der Waals surface area contributed by atoms with Gasteiger partial charge in [-0.25, -0.2) is 0 Å². The van der Waals surface area contributed by atoms with Gasteiger partial charge in [-0.3, -0.25) is 4.79 Å². The molecule has 0 aliphatic rings. The third-order valence-electron chi connectivity index (χ3n) is 3.06. The minimum Gasteiger partial charge on any atom is -0.492 e. The van der Waals surface area contributed by atoms with Crippen LogP contribution in [0.4, 0.5) is 0 Å². The van der Waals surface area contributed by atoms with Crippen LogP contribution in [0.3, 0.4) is 0 Å². The third-order valence-corrected chi connectivity index (χ3v) is 3.32. The van der Waals surface area contributed by atoms with Crippen LogP contribution in [0.25, 0.3) is 0 Å². The quantitative estimate of drug-likeness (QED) is 0.876. The lowest BCUT2D eigenvalue weighted by Crippen LogP contribution is -2.41. The first-order valence-corrected chi connectivity index (χ1v) is 6.68. The monoisotopic (exact) mass is 320 g/mol. The van der Waals surface area contributed by atoms with Crippen LogP contribution < -0.4 is 10.5 Å².